The third kappa shape index (κ3) is 4.47. The Hall–Kier alpha value is -2.10. The van der Waals surface area contributed by atoms with Crippen molar-refractivity contribution in [3.05, 3.63) is 47.5 Å². The Morgan fingerprint density at radius 1 is 1.17 bits per heavy atom. The van der Waals surface area contributed by atoms with Crippen LogP contribution in [-0.2, 0) is 16.0 Å². The molecule has 1 saturated heterocycles. The van der Waals surface area contributed by atoms with Crippen LogP contribution in [0.3, 0.4) is 0 Å². The van der Waals surface area contributed by atoms with E-state index in [1.54, 1.807) is 0 Å². The van der Waals surface area contributed by atoms with Crippen LogP contribution in [0, 0.1) is 5.92 Å². The molecule has 1 heterocycles. The Bertz CT molecular complexity index is 609. The first-order valence-corrected chi connectivity index (χ1v) is 8.99. The fourth-order valence-electron chi connectivity index (χ4n) is 3.66. The third-order valence-corrected chi connectivity index (χ3v) is 5.03. The Balaban J connectivity index is 1.39. The number of rotatable bonds is 5. The van der Waals surface area contributed by atoms with E-state index in [0.29, 0.717) is 25.3 Å². The zero-order valence-corrected chi connectivity index (χ0v) is 14.2. The van der Waals surface area contributed by atoms with Crippen LogP contribution in [0.15, 0.2) is 42.0 Å². The average Bonchev–Trinajstić information content (AvgIpc) is 2.62. The molecule has 2 aliphatic rings. The number of nitrogens with one attached hydrogen (secondary N) is 1. The molecule has 0 bridgehead atoms. The van der Waals surface area contributed by atoms with Crippen LogP contribution >= 0.6 is 0 Å². The normalized spacial score (nSPS) is 20.1. The number of hydrogen-bond acceptors (Lipinski definition) is 2. The molecule has 1 aromatic rings. The van der Waals surface area contributed by atoms with Crippen molar-refractivity contribution < 1.29 is 9.59 Å². The second-order valence-corrected chi connectivity index (χ2v) is 6.77. The van der Waals surface area contributed by atoms with Crippen LogP contribution in [-0.4, -0.2) is 36.3 Å². The first-order chi connectivity index (χ1) is 11.7. The molecule has 0 spiro atoms. The molecule has 4 nitrogen and oxygen atoms in total. The molecule has 3 rings (SSSR count). The summed E-state index contributed by atoms with van der Waals surface area (Å²) in [6.45, 7) is 2.07. The summed E-state index contributed by atoms with van der Waals surface area (Å²) in [4.78, 5) is 26.2. The van der Waals surface area contributed by atoms with Crippen molar-refractivity contribution in [3.63, 3.8) is 0 Å². The monoisotopic (exact) mass is 326 g/mol. The molecule has 24 heavy (non-hydrogen) atoms. The van der Waals surface area contributed by atoms with Crippen LogP contribution in [0.2, 0.25) is 0 Å². The van der Waals surface area contributed by atoms with Gasteiger partial charge in [0.15, 0.2) is 0 Å². The van der Waals surface area contributed by atoms with Gasteiger partial charge in [0.2, 0.25) is 11.8 Å². The number of benzene rings is 1. The molecule has 2 amide bonds. The van der Waals surface area contributed by atoms with E-state index in [9.17, 15) is 9.59 Å². The lowest BCUT2D eigenvalue weighted by Crippen LogP contribution is -2.41. The van der Waals surface area contributed by atoms with Gasteiger partial charge in [-0.25, -0.2) is 0 Å². The number of allylic oxidation sites excluding steroid dienone is 1. The van der Waals surface area contributed by atoms with Gasteiger partial charge in [0.1, 0.15) is 0 Å². The summed E-state index contributed by atoms with van der Waals surface area (Å²) < 4.78 is 0. The molecule has 4 heteroatoms. The van der Waals surface area contributed by atoms with E-state index in [-0.39, 0.29) is 11.8 Å². The van der Waals surface area contributed by atoms with Gasteiger partial charge in [-0.05, 0) is 37.2 Å². The highest BCUT2D eigenvalue weighted by Gasteiger charge is 2.27. The maximum atomic E-state index is 12.4. The minimum atomic E-state index is -0.0253. The van der Waals surface area contributed by atoms with E-state index in [1.807, 2.05) is 35.2 Å². The van der Waals surface area contributed by atoms with Crippen molar-refractivity contribution in [3.8, 4) is 0 Å². The van der Waals surface area contributed by atoms with Gasteiger partial charge in [-0.15, -0.1) is 0 Å². The van der Waals surface area contributed by atoms with Gasteiger partial charge in [-0.3, -0.25) is 9.59 Å². The first-order valence-electron chi connectivity index (χ1n) is 8.99. The summed E-state index contributed by atoms with van der Waals surface area (Å²) in [5.74, 6) is 0.830. The van der Waals surface area contributed by atoms with Crippen molar-refractivity contribution in [1.82, 2.24) is 10.2 Å². The lowest BCUT2D eigenvalue weighted by molar-refractivity contribution is -0.131. The second kappa shape index (κ2) is 8.13. The summed E-state index contributed by atoms with van der Waals surface area (Å²) in [5, 5.41) is 2.86. The predicted octanol–water partition coefficient (Wildman–Crippen LogP) is 2.69. The number of carbonyl (C=O) groups is 2. The molecule has 1 fully saturated rings. The molecule has 1 N–H and O–H groups in total. The van der Waals surface area contributed by atoms with Crippen LogP contribution in [0.25, 0.3) is 0 Å². The molecular weight excluding hydrogens is 300 g/mol. The molecule has 1 aliphatic carbocycles. The molecule has 128 valence electrons. The summed E-state index contributed by atoms with van der Waals surface area (Å²) in [6.07, 6.45) is 7.90. The number of carbonyl (C=O) groups excluding carboxylic acids is 2. The van der Waals surface area contributed by atoms with E-state index < -0.39 is 0 Å². The van der Waals surface area contributed by atoms with Gasteiger partial charge < -0.3 is 10.2 Å². The largest absolute Gasteiger partial charge is 0.355 e. The number of piperidine rings is 1. The topological polar surface area (TPSA) is 49.4 Å². The molecule has 1 unspecified atom stereocenters. The highest BCUT2D eigenvalue weighted by Crippen LogP contribution is 2.31. The van der Waals surface area contributed by atoms with E-state index in [1.165, 1.54) is 18.4 Å². The molecule has 0 saturated carbocycles. The quantitative estimate of drug-likeness (QED) is 0.846. The second-order valence-electron chi connectivity index (χ2n) is 6.77. The fraction of sp³-hybridized carbons (Fsp3) is 0.500. The lowest BCUT2D eigenvalue weighted by atomic mass is 9.82. The Kier molecular flexibility index (Phi) is 5.68. The smallest absolute Gasteiger partial charge is 0.224 e. The number of amides is 2. The maximum Gasteiger partial charge on any atom is 0.224 e. The number of nitrogens with zero attached hydrogens (tertiary/aromatic N) is 1. The van der Waals surface area contributed by atoms with Crippen molar-refractivity contribution in [2.45, 2.75) is 38.5 Å². The van der Waals surface area contributed by atoms with Gasteiger partial charge in [-0.2, -0.15) is 0 Å². The van der Waals surface area contributed by atoms with Crippen LogP contribution in [0.4, 0.5) is 0 Å². The molecule has 1 aromatic carbocycles. The Labute approximate surface area is 143 Å². The zero-order valence-electron chi connectivity index (χ0n) is 14.2. The fourth-order valence-corrected chi connectivity index (χ4v) is 3.66. The Morgan fingerprint density at radius 3 is 2.83 bits per heavy atom. The van der Waals surface area contributed by atoms with E-state index in [2.05, 4.69) is 11.4 Å². The third-order valence-electron chi connectivity index (χ3n) is 5.03. The van der Waals surface area contributed by atoms with E-state index >= 15 is 0 Å². The van der Waals surface area contributed by atoms with Gasteiger partial charge in [-0.1, -0.05) is 42.0 Å². The summed E-state index contributed by atoms with van der Waals surface area (Å²) in [5.41, 5.74) is 2.45. The molecule has 1 aliphatic heterocycles. The minimum Gasteiger partial charge on any atom is -0.355 e. The van der Waals surface area contributed by atoms with Gasteiger partial charge in [0, 0.05) is 26.1 Å². The lowest BCUT2D eigenvalue weighted by Gasteiger charge is -2.36. The van der Waals surface area contributed by atoms with Gasteiger partial charge in [0.25, 0.3) is 0 Å². The highest BCUT2D eigenvalue weighted by molar-refractivity contribution is 5.80. The maximum absolute atomic E-state index is 12.4. The van der Waals surface area contributed by atoms with Gasteiger partial charge in [0.05, 0.1) is 6.42 Å². The highest BCUT2D eigenvalue weighted by atomic mass is 16.2. The molecule has 0 radical (unpaired) electrons. The van der Waals surface area contributed by atoms with E-state index in [0.717, 1.165) is 31.5 Å². The van der Waals surface area contributed by atoms with Crippen molar-refractivity contribution in [2.24, 2.45) is 5.92 Å². The Morgan fingerprint density at radius 2 is 2.00 bits per heavy atom. The van der Waals surface area contributed by atoms with Crippen molar-refractivity contribution in [2.75, 3.05) is 19.6 Å². The molecule has 1 atom stereocenters. The first kappa shape index (κ1) is 16.7. The van der Waals surface area contributed by atoms with Crippen molar-refractivity contribution >= 4 is 11.8 Å². The molecular formula is C20H26N2O2. The SMILES string of the molecule is O=C(Cc1ccccc1)NCCC(=O)N1CCC2CCCC=C2C1. The number of hydrogen-bond donors (Lipinski definition) is 1. The molecule has 0 aromatic heterocycles. The predicted molar refractivity (Wildman–Crippen MR) is 94.4 cm³/mol. The van der Waals surface area contributed by atoms with Gasteiger partial charge >= 0.3 is 0 Å². The average molecular weight is 326 g/mol. The standard InChI is InChI=1S/C20H26N2O2/c23-19(14-16-6-2-1-3-7-16)21-12-10-20(24)22-13-11-17-8-4-5-9-18(17)15-22/h1-3,6-7,9,17H,4-5,8,10-15H2,(H,21,23). The minimum absolute atomic E-state index is 0.0253. The summed E-state index contributed by atoms with van der Waals surface area (Å²) >= 11 is 0. The number of likely N-dealkylation sites (tertiary alicyclic amines) is 1. The number of fused-ring (bicyclic) bond motifs is 1. The van der Waals surface area contributed by atoms with Crippen LogP contribution in [0.1, 0.15) is 37.7 Å². The van der Waals surface area contributed by atoms with Crippen LogP contribution < -0.4 is 5.32 Å². The summed E-state index contributed by atoms with van der Waals surface area (Å²) in [6, 6.07) is 9.66. The van der Waals surface area contributed by atoms with E-state index in [4.69, 9.17) is 0 Å². The summed E-state index contributed by atoms with van der Waals surface area (Å²) in [7, 11) is 0. The van der Waals surface area contributed by atoms with Crippen molar-refractivity contribution in [1.29, 1.82) is 0 Å². The van der Waals surface area contributed by atoms with Crippen LogP contribution in [0.5, 0.6) is 0 Å². The zero-order chi connectivity index (χ0) is 16.8.